The van der Waals surface area contributed by atoms with Crippen molar-refractivity contribution >= 4 is 5.91 Å². The summed E-state index contributed by atoms with van der Waals surface area (Å²) in [6.45, 7) is 6.60. The molecule has 1 unspecified atom stereocenters. The molecule has 0 aromatic heterocycles. The van der Waals surface area contributed by atoms with Crippen molar-refractivity contribution in [2.45, 2.75) is 26.4 Å². The van der Waals surface area contributed by atoms with E-state index in [1.165, 1.54) is 0 Å². The van der Waals surface area contributed by atoms with Crippen molar-refractivity contribution in [2.75, 3.05) is 26.9 Å². The molecule has 0 N–H and O–H groups in total. The van der Waals surface area contributed by atoms with Crippen LogP contribution in [0.15, 0.2) is 48.5 Å². The number of hydrogen-bond donors (Lipinski definition) is 0. The van der Waals surface area contributed by atoms with Gasteiger partial charge in [0, 0.05) is 13.6 Å². The Kier molecular flexibility index (Phi) is 5.78. The van der Waals surface area contributed by atoms with Gasteiger partial charge < -0.3 is 14.4 Å². The lowest BCUT2D eigenvalue weighted by Gasteiger charge is -2.32. The van der Waals surface area contributed by atoms with Gasteiger partial charge in [-0.25, -0.2) is 0 Å². The first-order chi connectivity index (χ1) is 12.6. The summed E-state index contributed by atoms with van der Waals surface area (Å²) >= 11 is 0. The van der Waals surface area contributed by atoms with Crippen LogP contribution in [-0.4, -0.2) is 42.6 Å². The Morgan fingerprint density at radius 3 is 2.42 bits per heavy atom. The Balaban J connectivity index is 1.79. The molecule has 26 heavy (non-hydrogen) atoms. The first-order valence-electron chi connectivity index (χ1n) is 9.06. The molecule has 3 rings (SSSR count). The third-order valence-electron chi connectivity index (χ3n) is 4.76. The number of carbonyl (C=O) groups excluding carboxylic acids is 1. The second-order valence-electron chi connectivity index (χ2n) is 6.42. The molecule has 138 valence electrons. The maximum atomic E-state index is 13.3. The van der Waals surface area contributed by atoms with Gasteiger partial charge in [0.25, 0.3) is 0 Å². The molecule has 0 saturated carbocycles. The fraction of sp³-hybridized carbons (Fsp3) is 0.381. The summed E-state index contributed by atoms with van der Waals surface area (Å²) in [6, 6.07) is 15.5. The molecule has 0 aliphatic carbocycles. The molecule has 0 fully saturated rings. The normalized spacial score (nSPS) is 13.7. The van der Waals surface area contributed by atoms with Gasteiger partial charge in [0.2, 0.25) is 12.7 Å². The zero-order valence-electron chi connectivity index (χ0n) is 15.6. The topological polar surface area (TPSA) is 42.0 Å². The second-order valence-corrected chi connectivity index (χ2v) is 6.42. The molecule has 2 aromatic carbocycles. The van der Waals surface area contributed by atoms with Gasteiger partial charge in [-0.15, -0.1) is 0 Å². The second kappa shape index (κ2) is 8.23. The van der Waals surface area contributed by atoms with Crippen molar-refractivity contribution in [2.24, 2.45) is 0 Å². The monoisotopic (exact) mass is 354 g/mol. The largest absolute Gasteiger partial charge is 0.454 e. The molecule has 5 nitrogen and oxygen atoms in total. The Morgan fingerprint density at radius 2 is 1.73 bits per heavy atom. The summed E-state index contributed by atoms with van der Waals surface area (Å²) in [6.07, 6.45) is 0. The molecule has 1 aliphatic heterocycles. The quantitative estimate of drug-likeness (QED) is 0.764. The van der Waals surface area contributed by atoms with Gasteiger partial charge in [0.1, 0.15) is 6.04 Å². The molecule has 0 radical (unpaired) electrons. The number of fused-ring (bicyclic) bond motifs is 1. The van der Waals surface area contributed by atoms with Crippen LogP contribution in [-0.2, 0) is 11.3 Å². The molecule has 5 heteroatoms. The van der Waals surface area contributed by atoms with Crippen LogP contribution in [0.25, 0.3) is 0 Å². The third-order valence-corrected chi connectivity index (χ3v) is 4.76. The van der Waals surface area contributed by atoms with E-state index in [1.807, 2.05) is 55.6 Å². The smallest absolute Gasteiger partial charge is 0.244 e. The van der Waals surface area contributed by atoms with E-state index < -0.39 is 0 Å². The fourth-order valence-electron chi connectivity index (χ4n) is 3.33. The number of rotatable bonds is 7. The van der Waals surface area contributed by atoms with Crippen LogP contribution >= 0.6 is 0 Å². The molecular formula is C21H26N2O3. The van der Waals surface area contributed by atoms with Crippen molar-refractivity contribution < 1.29 is 14.3 Å². The van der Waals surface area contributed by atoms with Gasteiger partial charge in [-0.05, 0) is 36.3 Å². The summed E-state index contributed by atoms with van der Waals surface area (Å²) in [4.78, 5) is 17.2. The van der Waals surface area contributed by atoms with Gasteiger partial charge >= 0.3 is 0 Å². The van der Waals surface area contributed by atoms with E-state index in [1.54, 1.807) is 4.90 Å². The summed E-state index contributed by atoms with van der Waals surface area (Å²) < 4.78 is 10.8. The van der Waals surface area contributed by atoms with E-state index in [0.717, 1.165) is 35.7 Å². The van der Waals surface area contributed by atoms with Gasteiger partial charge in [-0.3, -0.25) is 9.69 Å². The Labute approximate surface area is 155 Å². The lowest BCUT2D eigenvalue weighted by Crippen LogP contribution is -2.41. The maximum absolute atomic E-state index is 13.3. The zero-order chi connectivity index (χ0) is 18.5. The SMILES string of the molecule is CCN(CC)C(C(=O)N(C)Cc1ccc2c(c1)OCO2)c1ccccc1. The van der Waals surface area contributed by atoms with E-state index >= 15 is 0 Å². The molecule has 1 aliphatic rings. The fourth-order valence-corrected chi connectivity index (χ4v) is 3.33. The highest BCUT2D eigenvalue weighted by Gasteiger charge is 2.28. The first kappa shape index (κ1) is 18.3. The number of hydrogen-bond acceptors (Lipinski definition) is 4. The Hall–Kier alpha value is -2.53. The molecule has 0 bridgehead atoms. The minimum absolute atomic E-state index is 0.0950. The van der Waals surface area contributed by atoms with E-state index in [-0.39, 0.29) is 18.7 Å². The minimum atomic E-state index is -0.273. The summed E-state index contributed by atoms with van der Waals surface area (Å²) in [5.41, 5.74) is 2.05. The van der Waals surface area contributed by atoms with Gasteiger partial charge in [-0.2, -0.15) is 0 Å². The molecule has 0 saturated heterocycles. The van der Waals surface area contributed by atoms with Crippen molar-refractivity contribution in [3.63, 3.8) is 0 Å². The van der Waals surface area contributed by atoms with Crippen LogP contribution in [0.4, 0.5) is 0 Å². The maximum Gasteiger partial charge on any atom is 0.244 e. The number of benzene rings is 2. The van der Waals surface area contributed by atoms with Gasteiger partial charge in [0.05, 0.1) is 0 Å². The predicted molar refractivity (Wildman–Crippen MR) is 101 cm³/mol. The highest BCUT2D eigenvalue weighted by atomic mass is 16.7. The number of ether oxygens (including phenoxy) is 2. The predicted octanol–water partition coefficient (Wildman–Crippen LogP) is 3.46. The van der Waals surface area contributed by atoms with E-state index in [9.17, 15) is 4.79 Å². The Bertz CT molecular complexity index is 744. The average Bonchev–Trinajstić information content (AvgIpc) is 3.14. The average molecular weight is 354 g/mol. The van der Waals surface area contributed by atoms with Crippen LogP contribution in [0, 0.1) is 0 Å². The van der Waals surface area contributed by atoms with Crippen LogP contribution in [0.2, 0.25) is 0 Å². The van der Waals surface area contributed by atoms with E-state index in [4.69, 9.17) is 9.47 Å². The van der Waals surface area contributed by atoms with Gasteiger partial charge in [0.15, 0.2) is 11.5 Å². The molecule has 0 spiro atoms. The number of likely N-dealkylation sites (N-methyl/N-ethyl adjacent to an activating group) is 2. The van der Waals surface area contributed by atoms with Crippen molar-refractivity contribution in [1.29, 1.82) is 0 Å². The Morgan fingerprint density at radius 1 is 1.04 bits per heavy atom. The minimum Gasteiger partial charge on any atom is -0.454 e. The van der Waals surface area contributed by atoms with Crippen molar-refractivity contribution in [3.8, 4) is 11.5 Å². The highest BCUT2D eigenvalue weighted by molar-refractivity contribution is 5.83. The van der Waals surface area contributed by atoms with Crippen LogP contribution in [0.5, 0.6) is 11.5 Å². The molecule has 1 amide bonds. The number of amides is 1. The van der Waals surface area contributed by atoms with Crippen LogP contribution < -0.4 is 9.47 Å². The molecule has 1 heterocycles. The standard InChI is InChI=1S/C21H26N2O3/c1-4-23(5-2)20(17-9-7-6-8-10-17)21(24)22(3)14-16-11-12-18-19(13-16)26-15-25-18/h6-13,20H,4-5,14-15H2,1-3H3. The lowest BCUT2D eigenvalue weighted by molar-refractivity contribution is -0.136. The lowest BCUT2D eigenvalue weighted by atomic mass is 10.0. The van der Waals surface area contributed by atoms with E-state index in [0.29, 0.717) is 6.54 Å². The molecular weight excluding hydrogens is 328 g/mol. The third kappa shape index (κ3) is 3.83. The van der Waals surface area contributed by atoms with Crippen LogP contribution in [0.1, 0.15) is 31.0 Å². The summed E-state index contributed by atoms with van der Waals surface area (Å²) in [5.74, 6) is 1.59. The number of nitrogens with zero attached hydrogens (tertiary/aromatic N) is 2. The number of carbonyl (C=O) groups is 1. The molecule has 1 atom stereocenters. The summed E-state index contributed by atoms with van der Waals surface area (Å²) in [7, 11) is 1.85. The first-order valence-corrected chi connectivity index (χ1v) is 9.06. The van der Waals surface area contributed by atoms with Crippen molar-refractivity contribution in [1.82, 2.24) is 9.80 Å². The van der Waals surface area contributed by atoms with E-state index in [2.05, 4.69) is 18.7 Å². The van der Waals surface area contributed by atoms with Crippen LogP contribution in [0.3, 0.4) is 0 Å². The molecule has 2 aromatic rings. The highest BCUT2D eigenvalue weighted by Crippen LogP contribution is 2.33. The zero-order valence-corrected chi connectivity index (χ0v) is 15.6. The van der Waals surface area contributed by atoms with Gasteiger partial charge in [-0.1, -0.05) is 50.2 Å². The van der Waals surface area contributed by atoms with Crippen molar-refractivity contribution in [3.05, 3.63) is 59.7 Å². The summed E-state index contributed by atoms with van der Waals surface area (Å²) in [5, 5.41) is 0.